The molecule has 0 aromatic heterocycles. The van der Waals surface area contributed by atoms with Crippen LogP contribution in [0.15, 0.2) is 30.9 Å². The van der Waals surface area contributed by atoms with Crippen LogP contribution in [0.2, 0.25) is 0 Å². The van der Waals surface area contributed by atoms with Gasteiger partial charge in [-0.15, -0.1) is 6.58 Å². The first-order valence-electron chi connectivity index (χ1n) is 7.74. The summed E-state index contributed by atoms with van der Waals surface area (Å²) < 4.78 is 5.48. The number of rotatable bonds is 5. The van der Waals surface area contributed by atoms with Crippen molar-refractivity contribution in [3.8, 4) is 5.75 Å². The highest BCUT2D eigenvalue weighted by Gasteiger charge is 2.22. The number of hydrogen-bond acceptors (Lipinski definition) is 2. The van der Waals surface area contributed by atoms with Gasteiger partial charge in [-0.2, -0.15) is 0 Å². The number of aryl methyl sites for hydroxylation is 1. The molecule has 2 N–H and O–H groups in total. The van der Waals surface area contributed by atoms with E-state index in [-0.39, 0.29) is 0 Å². The smallest absolute Gasteiger partial charge is 0.169 e. The van der Waals surface area contributed by atoms with Gasteiger partial charge in [0.1, 0.15) is 12.3 Å². The average Bonchev–Trinajstić information content (AvgIpc) is 2.53. The lowest BCUT2D eigenvalue weighted by Gasteiger charge is -2.34. The second-order valence-corrected chi connectivity index (χ2v) is 6.09. The van der Waals surface area contributed by atoms with Crippen molar-refractivity contribution in [1.29, 1.82) is 0 Å². The molecule has 0 unspecified atom stereocenters. The van der Waals surface area contributed by atoms with Gasteiger partial charge in [0, 0.05) is 12.1 Å². The maximum atomic E-state index is 5.48. The lowest BCUT2D eigenvalue weighted by Crippen LogP contribution is -3.13. The number of nitrogens with zero attached hydrogens (tertiary/aromatic N) is 1. The van der Waals surface area contributed by atoms with E-state index in [0.29, 0.717) is 0 Å². The maximum Gasteiger partial charge on any atom is 0.169 e. The summed E-state index contributed by atoms with van der Waals surface area (Å²) in [6.07, 6.45) is 1.83. The van der Waals surface area contributed by atoms with Crippen LogP contribution in [-0.2, 0) is 6.54 Å². The van der Waals surface area contributed by atoms with E-state index < -0.39 is 0 Å². The molecule has 4 nitrogen and oxygen atoms in total. The maximum absolute atomic E-state index is 5.48. The van der Waals surface area contributed by atoms with E-state index in [1.165, 1.54) is 11.1 Å². The summed E-state index contributed by atoms with van der Waals surface area (Å²) in [4.78, 5) is 3.82. The third kappa shape index (κ3) is 4.45. The average molecular weight is 320 g/mol. The third-order valence-electron chi connectivity index (χ3n) is 4.03. The molecule has 1 aromatic carbocycles. The van der Waals surface area contributed by atoms with Gasteiger partial charge in [-0.25, -0.2) is 0 Å². The van der Waals surface area contributed by atoms with E-state index in [0.717, 1.165) is 50.1 Å². The molecule has 1 fully saturated rings. The van der Waals surface area contributed by atoms with E-state index in [9.17, 15) is 0 Å². The van der Waals surface area contributed by atoms with Gasteiger partial charge >= 0.3 is 0 Å². The van der Waals surface area contributed by atoms with Gasteiger partial charge in [0.2, 0.25) is 0 Å². The molecule has 1 aliphatic heterocycles. The Morgan fingerprint density at radius 3 is 2.82 bits per heavy atom. The monoisotopic (exact) mass is 320 g/mol. The van der Waals surface area contributed by atoms with Gasteiger partial charge < -0.3 is 19.9 Å². The van der Waals surface area contributed by atoms with Crippen molar-refractivity contribution in [3.63, 3.8) is 0 Å². The fraction of sp³-hybridized carbons (Fsp3) is 0.471. The number of methoxy groups -OCH3 is 1. The van der Waals surface area contributed by atoms with Crippen molar-refractivity contribution in [2.45, 2.75) is 13.5 Å². The molecule has 0 amide bonds. The quantitative estimate of drug-likeness (QED) is 0.619. The first-order chi connectivity index (χ1) is 10.6. The summed E-state index contributed by atoms with van der Waals surface area (Å²) in [5.74, 6) is 0.990. The number of quaternary nitrogens is 1. The number of benzene rings is 1. The highest BCUT2D eigenvalue weighted by molar-refractivity contribution is 7.80. The molecule has 0 aliphatic carbocycles. The van der Waals surface area contributed by atoms with Crippen LogP contribution in [0.4, 0.5) is 0 Å². The lowest BCUT2D eigenvalue weighted by atomic mass is 10.1. The van der Waals surface area contributed by atoms with Crippen molar-refractivity contribution in [1.82, 2.24) is 10.2 Å². The predicted molar refractivity (Wildman–Crippen MR) is 94.5 cm³/mol. The number of hydrogen-bond donors (Lipinski definition) is 2. The van der Waals surface area contributed by atoms with E-state index in [1.54, 1.807) is 12.0 Å². The van der Waals surface area contributed by atoms with E-state index >= 15 is 0 Å². The molecule has 0 radical (unpaired) electrons. The summed E-state index contributed by atoms with van der Waals surface area (Å²) in [7, 11) is 1.74. The van der Waals surface area contributed by atoms with Crippen molar-refractivity contribution in [2.75, 3.05) is 39.8 Å². The first kappa shape index (κ1) is 16.8. The minimum Gasteiger partial charge on any atom is -0.496 e. The predicted octanol–water partition coefficient (Wildman–Crippen LogP) is 0.765. The van der Waals surface area contributed by atoms with Gasteiger partial charge in [0.25, 0.3) is 0 Å². The van der Waals surface area contributed by atoms with Gasteiger partial charge in [-0.05, 0) is 31.3 Å². The third-order valence-corrected chi connectivity index (χ3v) is 4.43. The molecule has 1 saturated heterocycles. The molecule has 0 spiro atoms. The molecule has 1 heterocycles. The van der Waals surface area contributed by atoms with Gasteiger partial charge in [-0.1, -0.05) is 17.7 Å². The van der Waals surface area contributed by atoms with Crippen molar-refractivity contribution in [3.05, 3.63) is 42.0 Å². The van der Waals surface area contributed by atoms with Gasteiger partial charge in [-0.3, -0.25) is 0 Å². The number of thiocarbonyl (C=S) groups is 1. The van der Waals surface area contributed by atoms with Crippen LogP contribution >= 0.6 is 12.2 Å². The van der Waals surface area contributed by atoms with E-state index in [1.807, 2.05) is 6.08 Å². The summed E-state index contributed by atoms with van der Waals surface area (Å²) in [6.45, 7) is 11.7. The van der Waals surface area contributed by atoms with Crippen molar-refractivity contribution >= 4 is 17.3 Å². The Hall–Kier alpha value is -1.59. The van der Waals surface area contributed by atoms with Gasteiger partial charge in [0.05, 0.1) is 33.3 Å². The summed E-state index contributed by atoms with van der Waals surface area (Å²) in [5.41, 5.74) is 2.57. The minimum atomic E-state index is 0.729. The second-order valence-electron chi connectivity index (χ2n) is 5.70. The van der Waals surface area contributed by atoms with Crippen LogP contribution in [0.5, 0.6) is 5.75 Å². The minimum absolute atomic E-state index is 0.729. The molecular formula is C17H26N3OS+. The molecular weight excluding hydrogens is 294 g/mol. The summed E-state index contributed by atoms with van der Waals surface area (Å²) >= 11 is 5.40. The van der Waals surface area contributed by atoms with Crippen molar-refractivity contribution < 1.29 is 9.64 Å². The Morgan fingerprint density at radius 2 is 2.18 bits per heavy atom. The topological polar surface area (TPSA) is 28.9 Å². The van der Waals surface area contributed by atoms with Crippen LogP contribution in [-0.4, -0.2) is 49.8 Å². The molecule has 120 valence electrons. The largest absolute Gasteiger partial charge is 0.496 e. The zero-order chi connectivity index (χ0) is 15.9. The van der Waals surface area contributed by atoms with E-state index in [2.05, 4.69) is 41.9 Å². The highest BCUT2D eigenvalue weighted by atomic mass is 32.1. The van der Waals surface area contributed by atoms with Gasteiger partial charge in [0.15, 0.2) is 5.11 Å². The van der Waals surface area contributed by atoms with Crippen LogP contribution < -0.4 is 15.0 Å². The standard InChI is InChI=1S/C17H25N3OS/c1-4-7-18-17(22)20-10-8-19(9-11-20)13-15-12-14(2)5-6-16(15)21-3/h4-6,12H,1,7-11,13H2,2-3H3,(H,18,22)/p+1. The number of piperazine rings is 1. The van der Waals surface area contributed by atoms with Crippen molar-refractivity contribution in [2.24, 2.45) is 0 Å². The SMILES string of the molecule is C=CCNC(=S)N1CC[NH+](Cc2cc(C)ccc2OC)CC1. The fourth-order valence-electron chi connectivity index (χ4n) is 2.79. The summed E-state index contributed by atoms with van der Waals surface area (Å²) in [5, 5.41) is 4.04. The Balaban J connectivity index is 1.88. The second kappa shape index (κ2) is 8.15. The Bertz CT molecular complexity index is 525. The molecule has 2 rings (SSSR count). The van der Waals surface area contributed by atoms with E-state index in [4.69, 9.17) is 17.0 Å². The normalized spacial score (nSPS) is 15.5. The van der Waals surface area contributed by atoms with Crippen LogP contribution in [0.25, 0.3) is 0 Å². The highest BCUT2D eigenvalue weighted by Crippen LogP contribution is 2.18. The molecule has 22 heavy (non-hydrogen) atoms. The van der Waals surface area contributed by atoms with Crippen LogP contribution in [0.3, 0.4) is 0 Å². The summed E-state index contributed by atoms with van der Waals surface area (Å²) in [6, 6.07) is 6.39. The Kier molecular flexibility index (Phi) is 6.21. The van der Waals surface area contributed by atoms with Crippen LogP contribution in [0, 0.1) is 6.92 Å². The molecule has 1 aromatic rings. The lowest BCUT2D eigenvalue weighted by molar-refractivity contribution is -0.917. The van der Waals surface area contributed by atoms with Crippen LogP contribution in [0.1, 0.15) is 11.1 Å². The number of ether oxygens (including phenoxy) is 1. The molecule has 0 saturated carbocycles. The molecule has 0 bridgehead atoms. The molecule has 0 atom stereocenters. The molecule has 5 heteroatoms. The zero-order valence-corrected chi connectivity index (χ0v) is 14.3. The Labute approximate surface area is 138 Å². The molecule has 1 aliphatic rings. The fourth-order valence-corrected chi connectivity index (χ4v) is 3.05. The Morgan fingerprint density at radius 1 is 1.45 bits per heavy atom. The first-order valence-corrected chi connectivity index (χ1v) is 8.15. The number of nitrogens with one attached hydrogen (secondary N) is 2. The zero-order valence-electron chi connectivity index (χ0n) is 13.5.